The Morgan fingerprint density at radius 1 is 0.520 bits per heavy atom. The van der Waals surface area contributed by atoms with Crippen LogP contribution in [0.1, 0.15) is 36.1 Å². The third kappa shape index (κ3) is 9.92. The minimum absolute atomic E-state index is 0.0132. The molecular weight excluding hydrogens is 632 g/mol. The molecule has 0 aliphatic carbocycles. The Balaban J connectivity index is 1.64. The van der Waals surface area contributed by atoms with Gasteiger partial charge in [0.05, 0.1) is 0 Å². The molecule has 0 N–H and O–H groups in total. The predicted octanol–water partition coefficient (Wildman–Crippen LogP) is 7.30. The fourth-order valence-corrected chi connectivity index (χ4v) is 3.98. The molecule has 246 valence electrons. The van der Waals surface area contributed by atoms with Crippen LogP contribution in [-0.4, -0.2) is 23.9 Å². The van der Waals surface area contributed by atoms with Crippen LogP contribution in [0.5, 0.6) is 23.0 Å². The summed E-state index contributed by atoms with van der Waals surface area (Å²) < 4.78 is 21.4. The Morgan fingerprint density at radius 2 is 0.880 bits per heavy atom. The van der Waals surface area contributed by atoms with Crippen molar-refractivity contribution in [2.24, 2.45) is 0 Å². The molecule has 0 amide bonds. The summed E-state index contributed by atoms with van der Waals surface area (Å²) in [6.45, 7) is 17.2. The molecule has 50 heavy (non-hydrogen) atoms. The van der Waals surface area contributed by atoms with Crippen molar-refractivity contribution in [1.82, 2.24) is 0 Å². The van der Waals surface area contributed by atoms with Gasteiger partial charge in [0.2, 0.25) is 0 Å². The Bertz CT molecular complexity index is 2100. The van der Waals surface area contributed by atoms with Crippen LogP contribution in [0.4, 0.5) is 0 Å². The monoisotopic (exact) mass is 662 g/mol. The van der Waals surface area contributed by atoms with Crippen molar-refractivity contribution < 1.29 is 38.1 Å². The first-order valence-electron chi connectivity index (χ1n) is 14.9. The molecule has 4 rings (SSSR count). The van der Waals surface area contributed by atoms with Gasteiger partial charge >= 0.3 is 23.9 Å². The summed E-state index contributed by atoms with van der Waals surface area (Å²) in [5.74, 6) is 10.0. The van der Waals surface area contributed by atoms with Gasteiger partial charge in [-0.15, -0.1) is 0 Å². The van der Waals surface area contributed by atoms with E-state index < -0.39 is 23.9 Å². The average Bonchev–Trinajstić information content (AvgIpc) is 3.11. The van der Waals surface area contributed by atoms with Crippen LogP contribution < -0.4 is 18.9 Å². The zero-order chi connectivity index (χ0) is 36.2. The van der Waals surface area contributed by atoms with E-state index in [4.69, 9.17) is 18.9 Å². The molecule has 0 aliphatic rings. The average molecular weight is 663 g/mol. The van der Waals surface area contributed by atoms with Crippen molar-refractivity contribution in [2.45, 2.75) is 13.8 Å². The number of hydrogen-bond acceptors (Lipinski definition) is 8. The zero-order valence-corrected chi connectivity index (χ0v) is 27.3. The van der Waals surface area contributed by atoms with E-state index in [2.05, 4.69) is 50.0 Å². The molecule has 0 aromatic heterocycles. The predicted molar refractivity (Wildman–Crippen MR) is 189 cm³/mol. The van der Waals surface area contributed by atoms with Crippen molar-refractivity contribution >= 4 is 23.9 Å². The Morgan fingerprint density at radius 3 is 1.30 bits per heavy atom. The van der Waals surface area contributed by atoms with E-state index in [0.29, 0.717) is 33.8 Å². The van der Waals surface area contributed by atoms with Crippen LogP contribution in [0, 0.1) is 23.7 Å². The minimum atomic E-state index is -0.763. The molecule has 4 aromatic carbocycles. The lowest BCUT2D eigenvalue weighted by Crippen LogP contribution is -2.09. The van der Waals surface area contributed by atoms with Crippen LogP contribution in [0.3, 0.4) is 0 Å². The Labute approximate surface area is 290 Å². The molecule has 0 atom stereocenters. The Hall–Kier alpha value is -7.16. The van der Waals surface area contributed by atoms with E-state index in [0.717, 1.165) is 23.3 Å². The number of rotatable bonds is 9. The molecule has 0 saturated heterocycles. The van der Waals surface area contributed by atoms with E-state index in [1.165, 1.54) is 12.1 Å². The summed E-state index contributed by atoms with van der Waals surface area (Å²) >= 11 is 0. The van der Waals surface area contributed by atoms with E-state index in [9.17, 15) is 19.2 Å². The number of hydrogen-bond donors (Lipinski definition) is 0. The highest BCUT2D eigenvalue weighted by molar-refractivity contribution is 5.89. The Kier molecular flexibility index (Phi) is 11.8. The normalized spacial score (nSPS) is 9.72. The third-order valence-corrected chi connectivity index (χ3v) is 6.55. The van der Waals surface area contributed by atoms with Gasteiger partial charge in [0.25, 0.3) is 0 Å². The molecule has 0 radical (unpaired) electrons. The highest BCUT2D eigenvalue weighted by atomic mass is 16.6. The number of ether oxygens (including phenoxy) is 4. The summed E-state index contributed by atoms with van der Waals surface area (Å²) in [7, 11) is 0. The van der Waals surface area contributed by atoms with Gasteiger partial charge in [0.1, 0.15) is 17.1 Å². The lowest BCUT2D eigenvalue weighted by molar-refractivity contribution is -0.130. The first kappa shape index (κ1) is 35.7. The highest BCUT2D eigenvalue weighted by Gasteiger charge is 2.16. The zero-order valence-electron chi connectivity index (χ0n) is 27.3. The molecular formula is C42H30O8. The van der Waals surface area contributed by atoms with E-state index >= 15 is 0 Å². The first-order chi connectivity index (χ1) is 23.9. The van der Waals surface area contributed by atoms with Gasteiger partial charge in [-0.25, -0.2) is 19.2 Å². The van der Waals surface area contributed by atoms with Crippen molar-refractivity contribution in [2.75, 3.05) is 0 Å². The number of carbonyl (C=O) groups excluding carboxylic acids is 4. The second-order valence-corrected chi connectivity index (χ2v) is 10.6. The second kappa shape index (κ2) is 16.6. The maximum Gasteiger partial charge on any atom is 0.338 e. The lowest BCUT2D eigenvalue weighted by Gasteiger charge is -2.11. The lowest BCUT2D eigenvalue weighted by atomic mass is 10.0. The van der Waals surface area contributed by atoms with Crippen molar-refractivity contribution in [3.8, 4) is 57.8 Å². The molecule has 8 heteroatoms. The van der Waals surface area contributed by atoms with Gasteiger partial charge in [-0.3, -0.25) is 0 Å². The van der Waals surface area contributed by atoms with Crippen LogP contribution in [0.2, 0.25) is 0 Å². The van der Waals surface area contributed by atoms with Crippen LogP contribution in [0.15, 0.2) is 135 Å². The van der Waals surface area contributed by atoms with Gasteiger partial charge in [-0.05, 0) is 85.6 Å². The maximum absolute atomic E-state index is 12.3. The fourth-order valence-electron chi connectivity index (χ4n) is 3.98. The molecule has 0 heterocycles. The largest absolute Gasteiger partial charge is 0.423 e. The van der Waals surface area contributed by atoms with E-state index in [-0.39, 0.29) is 22.6 Å². The van der Waals surface area contributed by atoms with Gasteiger partial charge in [0.15, 0.2) is 11.5 Å². The molecule has 0 aliphatic heterocycles. The van der Waals surface area contributed by atoms with Crippen molar-refractivity contribution in [1.29, 1.82) is 0 Å². The van der Waals surface area contributed by atoms with Crippen molar-refractivity contribution in [3.63, 3.8) is 0 Å². The summed E-state index contributed by atoms with van der Waals surface area (Å²) in [5, 5.41) is 0. The van der Waals surface area contributed by atoms with Crippen LogP contribution >= 0.6 is 0 Å². The number of esters is 4. The highest BCUT2D eigenvalue weighted by Crippen LogP contribution is 2.31. The second-order valence-electron chi connectivity index (χ2n) is 10.6. The smallest absolute Gasteiger partial charge is 0.338 e. The minimum Gasteiger partial charge on any atom is -0.423 e. The van der Waals surface area contributed by atoms with E-state index in [1.54, 1.807) is 50.2 Å². The molecule has 4 aromatic rings. The molecule has 0 bridgehead atoms. The molecule has 0 unspecified atom stereocenters. The topological polar surface area (TPSA) is 105 Å². The summed E-state index contributed by atoms with van der Waals surface area (Å²) in [6.07, 6.45) is 1.97. The standard InChI is InChI=1S/C42H30O8/c1-7-39(43)49-37-25-31(10-9-29-11-16-32(17-12-29)33-18-22-35(23-19-33)48-42(46)28(5)6)26-38(50-40(44)8-2)36(37)24-15-30-13-20-34(21-14-30)47-41(45)27(3)4/h7-8,11-14,16-23,25-26H,1-3,5H2,4,6H3. The van der Waals surface area contributed by atoms with E-state index in [1.807, 2.05) is 36.4 Å². The summed E-state index contributed by atoms with van der Waals surface area (Å²) in [5.41, 5.74) is 4.05. The maximum atomic E-state index is 12.3. The van der Waals surface area contributed by atoms with Gasteiger partial charge < -0.3 is 18.9 Å². The third-order valence-electron chi connectivity index (χ3n) is 6.55. The molecule has 8 nitrogen and oxygen atoms in total. The van der Waals surface area contributed by atoms with Gasteiger partial charge in [-0.2, -0.15) is 0 Å². The van der Waals surface area contributed by atoms with Gasteiger partial charge in [-0.1, -0.05) is 74.3 Å². The SMILES string of the molecule is C=CC(=O)Oc1cc(C#Cc2ccc(-c3ccc(OC(=O)C(=C)C)cc3)cc2)cc(OC(=O)C=C)c1C#Cc1ccc(OC(=O)C(=C)C)cc1. The summed E-state index contributed by atoms with van der Waals surface area (Å²) in [4.78, 5) is 48.1. The molecule has 0 spiro atoms. The quantitative estimate of drug-likeness (QED) is 0.0796. The number of carbonyl (C=O) groups is 4. The molecule has 0 saturated carbocycles. The molecule has 0 fully saturated rings. The van der Waals surface area contributed by atoms with Crippen LogP contribution in [0.25, 0.3) is 11.1 Å². The first-order valence-corrected chi connectivity index (χ1v) is 14.9. The summed E-state index contributed by atoms with van der Waals surface area (Å²) in [6, 6.07) is 23.9. The number of benzene rings is 4. The van der Waals surface area contributed by atoms with Crippen LogP contribution in [-0.2, 0) is 19.2 Å². The van der Waals surface area contributed by atoms with Crippen molar-refractivity contribution in [3.05, 3.63) is 157 Å². The fraction of sp³-hybridized carbons (Fsp3) is 0.0476. The van der Waals surface area contributed by atoms with Gasteiger partial charge in [0, 0.05) is 40.0 Å².